The number of rotatable bonds is 1. The molecule has 4 nitrogen and oxygen atoms in total. The molecule has 0 radical (unpaired) electrons. The van der Waals surface area contributed by atoms with Crippen LogP contribution in [-0.2, 0) is 6.67 Å². The average Bonchev–Trinajstić information content (AvgIpc) is 3.05. The summed E-state index contributed by atoms with van der Waals surface area (Å²) in [6, 6.07) is 5.89. The first kappa shape index (κ1) is 14.1. The number of halogens is 2. The van der Waals surface area contributed by atoms with Crippen molar-refractivity contribution in [2.24, 2.45) is 5.92 Å². The Labute approximate surface area is 144 Å². The second-order valence-electron chi connectivity index (χ2n) is 6.90. The van der Waals surface area contributed by atoms with Crippen molar-refractivity contribution in [2.75, 3.05) is 19.6 Å². The highest BCUT2D eigenvalue weighted by atomic mass is 35.5. The molecule has 3 fully saturated rings. The Bertz CT molecular complexity index is 823. The van der Waals surface area contributed by atoms with Crippen molar-refractivity contribution >= 4 is 40.0 Å². The van der Waals surface area contributed by atoms with E-state index in [1.807, 2.05) is 16.7 Å². The standard InChI is InChI=1S/C17H17Cl2N3O/c18-12-5-11-6-14-17(23)22(9-21(14)16(11)13(19)7-12)15-8-20-3-1-10(15)2-4-20/h5-7,10,15H,1-4,8-9H2. The molecule has 0 saturated carbocycles. The van der Waals surface area contributed by atoms with Crippen molar-refractivity contribution in [1.82, 2.24) is 14.4 Å². The number of hydrogen-bond donors (Lipinski definition) is 0. The highest BCUT2D eigenvalue weighted by molar-refractivity contribution is 6.38. The van der Waals surface area contributed by atoms with Crippen LogP contribution in [0.15, 0.2) is 18.2 Å². The Morgan fingerprint density at radius 3 is 2.57 bits per heavy atom. The van der Waals surface area contributed by atoms with Crippen LogP contribution in [-0.4, -0.2) is 46.0 Å². The van der Waals surface area contributed by atoms with Crippen LogP contribution in [0, 0.1) is 5.92 Å². The first-order chi connectivity index (χ1) is 11.1. The quantitative estimate of drug-likeness (QED) is 0.788. The summed E-state index contributed by atoms with van der Waals surface area (Å²) in [5.74, 6) is 0.775. The van der Waals surface area contributed by atoms with Crippen LogP contribution >= 0.6 is 23.2 Å². The lowest BCUT2D eigenvalue weighted by molar-refractivity contribution is 0.00465. The van der Waals surface area contributed by atoms with Crippen LogP contribution in [0.1, 0.15) is 23.3 Å². The fourth-order valence-corrected chi connectivity index (χ4v) is 5.17. The first-order valence-corrected chi connectivity index (χ1v) is 8.89. The molecule has 6 rings (SSSR count). The molecule has 5 heterocycles. The number of carbonyl (C=O) groups excluding carboxylic acids is 1. The monoisotopic (exact) mass is 349 g/mol. The minimum Gasteiger partial charge on any atom is -0.317 e. The molecule has 0 aliphatic carbocycles. The molecule has 23 heavy (non-hydrogen) atoms. The highest BCUT2D eigenvalue weighted by Gasteiger charge is 2.43. The van der Waals surface area contributed by atoms with Gasteiger partial charge in [0.2, 0.25) is 0 Å². The lowest BCUT2D eigenvalue weighted by Gasteiger charge is -2.47. The third-order valence-electron chi connectivity index (χ3n) is 5.71. The minimum absolute atomic E-state index is 0.132. The summed E-state index contributed by atoms with van der Waals surface area (Å²) in [6.45, 7) is 3.98. The van der Waals surface area contributed by atoms with E-state index >= 15 is 0 Å². The third-order valence-corrected chi connectivity index (χ3v) is 6.21. The van der Waals surface area contributed by atoms with Gasteiger partial charge in [0.25, 0.3) is 5.91 Å². The Balaban J connectivity index is 1.55. The summed E-state index contributed by atoms with van der Waals surface area (Å²) < 4.78 is 2.05. The Morgan fingerprint density at radius 1 is 1.09 bits per heavy atom. The fourth-order valence-electron chi connectivity index (χ4n) is 4.56. The predicted octanol–water partition coefficient (Wildman–Crippen LogP) is 3.46. The number of piperidine rings is 3. The Kier molecular flexibility index (Phi) is 3.00. The van der Waals surface area contributed by atoms with E-state index in [9.17, 15) is 4.79 Å². The summed E-state index contributed by atoms with van der Waals surface area (Å²) in [5.41, 5.74) is 1.66. The molecular formula is C17H17Cl2N3O. The summed E-state index contributed by atoms with van der Waals surface area (Å²) in [7, 11) is 0. The predicted molar refractivity (Wildman–Crippen MR) is 91.1 cm³/mol. The van der Waals surface area contributed by atoms with Crippen molar-refractivity contribution < 1.29 is 4.79 Å². The summed E-state index contributed by atoms with van der Waals surface area (Å²) >= 11 is 12.5. The van der Waals surface area contributed by atoms with Gasteiger partial charge in [-0.25, -0.2) is 0 Å². The van der Waals surface area contributed by atoms with Gasteiger partial charge >= 0.3 is 0 Å². The van der Waals surface area contributed by atoms with Crippen LogP contribution in [0.25, 0.3) is 10.9 Å². The molecule has 0 N–H and O–H groups in total. The highest BCUT2D eigenvalue weighted by Crippen LogP contribution is 2.38. The normalized spacial score (nSPS) is 29.6. The largest absolute Gasteiger partial charge is 0.317 e. The van der Waals surface area contributed by atoms with E-state index in [-0.39, 0.29) is 5.91 Å². The van der Waals surface area contributed by atoms with E-state index in [1.54, 1.807) is 6.07 Å². The van der Waals surface area contributed by atoms with Crippen LogP contribution in [0.3, 0.4) is 0 Å². The number of aromatic nitrogens is 1. The molecule has 4 aliphatic heterocycles. The van der Waals surface area contributed by atoms with Crippen molar-refractivity contribution in [3.8, 4) is 0 Å². The minimum atomic E-state index is 0.132. The molecule has 2 aromatic rings. The van der Waals surface area contributed by atoms with Crippen molar-refractivity contribution in [2.45, 2.75) is 25.6 Å². The SMILES string of the molecule is O=C1c2cc3cc(Cl)cc(Cl)c3n2CN1C1CN2CCC1CC2. The first-order valence-electron chi connectivity index (χ1n) is 8.13. The molecule has 1 atom stereocenters. The zero-order valence-electron chi connectivity index (χ0n) is 12.6. The zero-order valence-corrected chi connectivity index (χ0v) is 14.1. The molecule has 120 valence electrons. The van der Waals surface area contributed by atoms with Crippen LogP contribution in [0.2, 0.25) is 10.0 Å². The number of hydrogen-bond acceptors (Lipinski definition) is 2. The van der Waals surface area contributed by atoms with E-state index in [1.165, 1.54) is 25.9 Å². The number of carbonyl (C=O) groups is 1. The number of benzene rings is 1. The lowest BCUT2D eigenvalue weighted by atomic mass is 9.83. The average molecular weight is 350 g/mol. The number of amides is 1. The van der Waals surface area contributed by atoms with E-state index < -0.39 is 0 Å². The van der Waals surface area contributed by atoms with Crippen molar-refractivity contribution in [3.05, 3.63) is 33.9 Å². The molecule has 6 heteroatoms. The van der Waals surface area contributed by atoms with E-state index in [4.69, 9.17) is 23.2 Å². The maximum atomic E-state index is 12.9. The Hall–Kier alpha value is -1.23. The molecular weight excluding hydrogens is 333 g/mol. The van der Waals surface area contributed by atoms with Gasteiger partial charge in [0.1, 0.15) is 5.69 Å². The van der Waals surface area contributed by atoms with Gasteiger partial charge in [0.05, 0.1) is 17.2 Å². The van der Waals surface area contributed by atoms with Crippen LogP contribution in [0.4, 0.5) is 0 Å². The van der Waals surface area contributed by atoms with Crippen LogP contribution < -0.4 is 0 Å². The van der Waals surface area contributed by atoms with Crippen molar-refractivity contribution in [3.63, 3.8) is 0 Å². The van der Waals surface area contributed by atoms with Crippen molar-refractivity contribution in [1.29, 1.82) is 0 Å². The maximum absolute atomic E-state index is 12.9. The summed E-state index contributed by atoms with van der Waals surface area (Å²) in [6.07, 6.45) is 2.42. The topological polar surface area (TPSA) is 28.5 Å². The van der Waals surface area contributed by atoms with E-state index in [0.29, 0.717) is 28.7 Å². The molecule has 1 unspecified atom stereocenters. The molecule has 1 amide bonds. The zero-order chi connectivity index (χ0) is 15.7. The molecule has 1 aromatic heterocycles. The van der Waals surface area contributed by atoms with Gasteiger partial charge in [0, 0.05) is 23.0 Å². The number of nitrogens with zero attached hydrogens (tertiary/aromatic N) is 3. The molecule has 0 spiro atoms. The van der Waals surface area contributed by atoms with Gasteiger partial charge in [0.15, 0.2) is 0 Å². The van der Waals surface area contributed by atoms with Gasteiger partial charge in [-0.3, -0.25) is 4.79 Å². The number of fused-ring (bicyclic) bond motifs is 6. The molecule has 4 aliphatic rings. The van der Waals surface area contributed by atoms with E-state index in [2.05, 4.69) is 9.80 Å². The molecule has 1 aromatic carbocycles. The second-order valence-corrected chi connectivity index (χ2v) is 7.75. The van der Waals surface area contributed by atoms with Gasteiger partial charge in [-0.2, -0.15) is 0 Å². The van der Waals surface area contributed by atoms with Gasteiger partial charge < -0.3 is 14.4 Å². The Morgan fingerprint density at radius 2 is 1.87 bits per heavy atom. The summed E-state index contributed by atoms with van der Waals surface area (Å²) in [4.78, 5) is 17.5. The molecule has 3 saturated heterocycles. The molecule has 2 bridgehead atoms. The summed E-state index contributed by atoms with van der Waals surface area (Å²) in [5, 5.41) is 2.16. The fraction of sp³-hybridized carbons (Fsp3) is 0.471. The van der Waals surface area contributed by atoms with Crippen LogP contribution in [0.5, 0.6) is 0 Å². The van der Waals surface area contributed by atoms with E-state index in [0.717, 1.165) is 23.1 Å². The van der Waals surface area contributed by atoms with Gasteiger partial charge in [-0.05, 0) is 50.0 Å². The smallest absolute Gasteiger partial charge is 0.272 e. The maximum Gasteiger partial charge on any atom is 0.272 e. The van der Waals surface area contributed by atoms with Gasteiger partial charge in [-0.15, -0.1) is 0 Å². The second kappa shape index (κ2) is 4.88. The lowest BCUT2D eigenvalue weighted by Crippen LogP contribution is -2.57. The van der Waals surface area contributed by atoms with Gasteiger partial charge in [-0.1, -0.05) is 23.2 Å². The third kappa shape index (κ3) is 1.98.